The lowest BCUT2D eigenvalue weighted by molar-refractivity contribution is 0.00315. The molecule has 1 saturated heterocycles. The van der Waals surface area contributed by atoms with Crippen molar-refractivity contribution in [1.82, 2.24) is 19.6 Å². The smallest absolute Gasteiger partial charge is 0.330 e. The molecule has 0 saturated carbocycles. The fourth-order valence-electron chi connectivity index (χ4n) is 2.81. The average Bonchev–Trinajstić information content (AvgIpc) is 3.08. The Kier molecular flexibility index (Phi) is 5.27. The van der Waals surface area contributed by atoms with Crippen LogP contribution in [0.5, 0.6) is 0 Å². The van der Waals surface area contributed by atoms with Gasteiger partial charge in [0.1, 0.15) is 12.4 Å². The van der Waals surface area contributed by atoms with Crippen molar-refractivity contribution in [2.75, 3.05) is 12.3 Å². The van der Waals surface area contributed by atoms with Crippen molar-refractivity contribution in [2.45, 2.75) is 45.5 Å². The Labute approximate surface area is 141 Å². The van der Waals surface area contributed by atoms with Crippen molar-refractivity contribution in [3.05, 3.63) is 18.2 Å². The number of rotatable bonds is 6. The van der Waals surface area contributed by atoms with E-state index in [0.717, 1.165) is 12.1 Å². The number of aromatic nitrogens is 4. The Morgan fingerprint density at radius 2 is 2.29 bits per heavy atom. The van der Waals surface area contributed by atoms with E-state index in [4.69, 9.17) is 19.5 Å². The fraction of sp³-hybridized carbons (Fsp3) is 0.643. The molecule has 4 unspecified atom stereocenters. The zero-order chi connectivity index (χ0) is 17.3. The maximum atomic E-state index is 9.69. The lowest BCUT2D eigenvalue weighted by atomic mass is 10.00. The second-order valence-electron chi connectivity index (χ2n) is 6.14. The molecule has 9 nitrogen and oxygen atoms in total. The highest BCUT2D eigenvalue weighted by atomic mass is 31.2. The third-order valence-corrected chi connectivity index (χ3v) is 4.78. The molecule has 0 aromatic carbocycles. The highest BCUT2D eigenvalue weighted by Crippen LogP contribution is 2.41. The zero-order valence-corrected chi connectivity index (χ0v) is 14.8. The second-order valence-corrected chi connectivity index (χ2v) is 7.09. The van der Waals surface area contributed by atoms with Crippen LogP contribution >= 0.6 is 8.60 Å². The van der Waals surface area contributed by atoms with Crippen LogP contribution in [0.1, 0.15) is 39.0 Å². The van der Waals surface area contributed by atoms with E-state index in [0.29, 0.717) is 11.5 Å². The quantitative estimate of drug-likeness (QED) is 0.754. The van der Waals surface area contributed by atoms with Gasteiger partial charge >= 0.3 is 8.60 Å². The molecular formula is C14H22N5O4P. The first kappa shape index (κ1) is 17.4. The maximum Gasteiger partial charge on any atom is 0.330 e. The summed E-state index contributed by atoms with van der Waals surface area (Å²) >= 11 is 0. The number of nitrogens with zero attached hydrogens (tertiary/aromatic N) is 4. The van der Waals surface area contributed by atoms with Crippen LogP contribution in [-0.2, 0) is 13.8 Å². The molecule has 1 fully saturated rings. The number of imidazole rings is 1. The van der Waals surface area contributed by atoms with Gasteiger partial charge in [-0.25, -0.2) is 14.5 Å². The minimum atomic E-state index is -1.88. The summed E-state index contributed by atoms with van der Waals surface area (Å²) in [5.74, 6) is 0.587. The average molecular weight is 355 g/mol. The van der Waals surface area contributed by atoms with Crippen molar-refractivity contribution < 1.29 is 18.7 Å². The summed E-state index contributed by atoms with van der Waals surface area (Å²) in [5, 5.41) is 4.21. The summed E-state index contributed by atoms with van der Waals surface area (Å²) < 4.78 is 18.3. The van der Waals surface area contributed by atoms with Crippen LogP contribution in [0.15, 0.2) is 12.5 Å². The molecule has 0 radical (unpaired) electrons. The van der Waals surface area contributed by atoms with E-state index in [9.17, 15) is 4.89 Å². The van der Waals surface area contributed by atoms with Crippen LogP contribution in [0.25, 0.3) is 5.65 Å². The third kappa shape index (κ3) is 3.65. The molecule has 1 aliphatic heterocycles. The summed E-state index contributed by atoms with van der Waals surface area (Å²) in [6.45, 7) is 6.07. The van der Waals surface area contributed by atoms with Crippen LogP contribution in [0.2, 0.25) is 0 Å². The monoisotopic (exact) mass is 355 g/mol. The summed E-state index contributed by atoms with van der Waals surface area (Å²) in [5.41, 5.74) is 7.17. The number of nitrogens with two attached hydrogens (primary N) is 1. The van der Waals surface area contributed by atoms with Gasteiger partial charge in [-0.15, -0.1) is 0 Å². The number of hydrogen-bond acceptors (Lipinski definition) is 8. The Morgan fingerprint density at radius 3 is 3.04 bits per heavy atom. The molecule has 2 aromatic rings. The van der Waals surface area contributed by atoms with E-state index in [1.54, 1.807) is 10.7 Å². The second kappa shape index (κ2) is 7.25. The summed E-state index contributed by atoms with van der Waals surface area (Å²) in [6, 6.07) is 0. The Hall–Kier alpha value is -1.38. The van der Waals surface area contributed by atoms with Gasteiger partial charge in [0.15, 0.2) is 11.5 Å². The van der Waals surface area contributed by atoms with Gasteiger partial charge < -0.3 is 24.4 Å². The standard InChI is InChI=1S/C14H22N5O4P/c1-8(2)23-24(20)21-6-10-4-9(3)12(22-10)11-5-16-14-13(15)17-7-18-19(11)14/h5,7-10,12,20H,4,6H2,1-3H3,(H2,15,17,18). The first-order valence-corrected chi connectivity index (χ1v) is 8.97. The molecular weight excluding hydrogens is 333 g/mol. The minimum absolute atomic E-state index is 0.0828. The third-order valence-electron chi connectivity index (χ3n) is 3.81. The molecule has 3 heterocycles. The van der Waals surface area contributed by atoms with Crippen LogP contribution in [-0.4, -0.2) is 43.3 Å². The molecule has 10 heteroatoms. The van der Waals surface area contributed by atoms with Gasteiger partial charge in [-0.3, -0.25) is 0 Å². The van der Waals surface area contributed by atoms with Crippen LogP contribution in [0.4, 0.5) is 5.82 Å². The number of nitrogen functional groups attached to an aromatic ring is 1. The Balaban J connectivity index is 1.66. The molecule has 1 aliphatic rings. The summed E-state index contributed by atoms with van der Waals surface area (Å²) in [7, 11) is -1.88. The molecule has 132 valence electrons. The van der Waals surface area contributed by atoms with E-state index in [1.165, 1.54) is 6.33 Å². The number of fused-ring (bicyclic) bond motifs is 1. The molecule has 2 aromatic heterocycles. The first-order chi connectivity index (χ1) is 11.5. The largest absolute Gasteiger partial charge is 0.381 e. The van der Waals surface area contributed by atoms with E-state index >= 15 is 0 Å². The predicted molar refractivity (Wildman–Crippen MR) is 87.9 cm³/mol. The lowest BCUT2D eigenvalue weighted by Crippen LogP contribution is -2.15. The Bertz CT molecular complexity index is 697. The lowest BCUT2D eigenvalue weighted by Gasteiger charge is -2.17. The molecule has 0 bridgehead atoms. The molecule has 3 N–H and O–H groups in total. The molecule has 3 rings (SSSR count). The fourth-order valence-corrected chi connectivity index (χ4v) is 3.52. The highest BCUT2D eigenvalue weighted by molar-refractivity contribution is 7.40. The molecule has 4 atom stereocenters. The van der Waals surface area contributed by atoms with E-state index < -0.39 is 8.60 Å². The van der Waals surface area contributed by atoms with Gasteiger partial charge in [0.2, 0.25) is 0 Å². The van der Waals surface area contributed by atoms with E-state index in [-0.39, 0.29) is 30.8 Å². The molecule has 0 aliphatic carbocycles. The van der Waals surface area contributed by atoms with Gasteiger partial charge in [0.25, 0.3) is 0 Å². The summed E-state index contributed by atoms with van der Waals surface area (Å²) in [4.78, 5) is 17.9. The SMILES string of the molecule is CC(C)OP(O)OCC1CC(C)C(c2cnc3c(N)ncnn23)O1. The van der Waals surface area contributed by atoms with Crippen molar-refractivity contribution in [2.24, 2.45) is 5.92 Å². The van der Waals surface area contributed by atoms with Gasteiger partial charge in [-0.1, -0.05) is 6.92 Å². The van der Waals surface area contributed by atoms with Gasteiger partial charge in [0, 0.05) is 0 Å². The van der Waals surface area contributed by atoms with Gasteiger partial charge in [0.05, 0.1) is 30.7 Å². The minimum Gasteiger partial charge on any atom is -0.381 e. The maximum absolute atomic E-state index is 9.69. The van der Waals surface area contributed by atoms with Crippen LogP contribution in [0, 0.1) is 5.92 Å². The van der Waals surface area contributed by atoms with Crippen molar-refractivity contribution in [1.29, 1.82) is 0 Å². The zero-order valence-electron chi connectivity index (χ0n) is 13.9. The van der Waals surface area contributed by atoms with Crippen molar-refractivity contribution >= 4 is 20.1 Å². The summed E-state index contributed by atoms with van der Waals surface area (Å²) in [6.07, 6.45) is 3.55. The van der Waals surface area contributed by atoms with Gasteiger partial charge in [-0.05, 0) is 26.2 Å². The van der Waals surface area contributed by atoms with Crippen molar-refractivity contribution in [3.63, 3.8) is 0 Å². The van der Waals surface area contributed by atoms with E-state index in [1.807, 2.05) is 13.8 Å². The Morgan fingerprint density at radius 1 is 1.50 bits per heavy atom. The highest BCUT2D eigenvalue weighted by Gasteiger charge is 2.36. The molecule has 24 heavy (non-hydrogen) atoms. The van der Waals surface area contributed by atoms with Crippen LogP contribution in [0.3, 0.4) is 0 Å². The number of hydrogen-bond donors (Lipinski definition) is 2. The first-order valence-electron chi connectivity index (χ1n) is 7.84. The van der Waals surface area contributed by atoms with Crippen LogP contribution < -0.4 is 5.73 Å². The number of anilines is 1. The normalized spacial score (nSPS) is 25.6. The van der Waals surface area contributed by atoms with Gasteiger partial charge in [-0.2, -0.15) is 5.10 Å². The van der Waals surface area contributed by atoms with E-state index in [2.05, 4.69) is 22.0 Å². The number of ether oxygens (including phenoxy) is 1. The molecule has 0 spiro atoms. The predicted octanol–water partition coefficient (Wildman–Crippen LogP) is 1.83. The van der Waals surface area contributed by atoms with Crippen molar-refractivity contribution in [3.8, 4) is 0 Å². The topological polar surface area (TPSA) is 117 Å². The molecule has 0 amide bonds.